The van der Waals surface area contributed by atoms with Gasteiger partial charge in [-0.25, -0.2) is 0 Å². The van der Waals surface area contributed by atoms with Crippen LogP contribution in [-0.4, -0.2) is 22.4 Å². The monoisotopic (exact) mass is 197 g/mol. The fraction of sp³-hybridized carbons (Fsp3) is 0.750. The first-order chi connectivity index (χ1) is 6.34. The van der Waals surface area contributed by atoms with Crippen LogP contribution >= 0.6 is 0 Å². The van der Waals surface area contributed by atoms with Crippen molar-refractivity contribution in [2.24, 2.45) is 0 Å². The molecule has 82 valence electrons. The van der Waals surface area contributed by atoms with Gasteiger partial charge in [0.1, 0.15) is 0 Å². The van der Waals surface area contributed by atoms with Crippen LogP contribution in [0, 0.1) is 0 Å². The maximum absolute atomic E-state index is 11.7. The molecule has 0 aromatic rings. The minimum absolute atomic E-state index is 0.0263. The number of hydrogen-bond donors (Lipinski definition) is 0. The van der Waals surface area contributed by atoms with Gasteiger partial charge in [-0.05, 0) is 40.2 Å². The topological polar surface area (TPSA) is 20.3 Å². The molecule has 0 saturated heterocycles. The SMILES string of the molecule is C=CC(=O)N(C(C)CCC)C(C)(C)C. The van der Waals surface area contributed by atoms with E-state index in [0.29, 0.717) is 0 Å². The Hall–Kier alpha value is -0.790. The van der Waals surface area contributed by atoms with Crippen molar-refractivity contribution in [3.05, 3.63) is 12.7 Å². The summed E-state index contributed by atoms with van der Waals surface area (Å²) in [6.45, 7) is 13.9. The summed E-state index contributed by atoms with van der Waals surface area (Å²) >= 11 is 0. The summed E-state index contributed by atoms with van der Waals surface area (Å²) in [7, 11) is 0. The van der Waals surface area contributed by atoms with Gasteiger partial charge < -0.3 is 4.90 Å². The first-order valence-corrected chi connectivity index (χ1v) is 5.30. The largest absolute Gasteiger partial charge is 0.332 e. The summed E-state index contributed by atoms with van der Waals surface area (Å²) in [5.74, 6) is 0.0263. The van der Waals surface area contributed by atoms with Crippen molar-refractivity contribution >= 4 is 5.91 Å². The molecule has 2 heteroatoms. The molecular weight excluding hydrogens is 174 g/mol. The number of amides is 1. The van der Waals surface area contributed by atoms with Gasteiger partial charge >= 0.3 is 0 Å². The lowest BCUT2D eigenvalue weighted by Crippen LogP contribution is -2.49. The third-order valence-electron chi connectivity index (χ3n) is 2.28. The van der Waals surface area contributed by atoms with Crippen molar-refractivity contribution in [3.63, 3.8) is 0 Å². The lowest BCUT2D eigenvalue weighted by molar-refractivity contribution is -0.133. The van der Waals surface area contributed by atoms with Gasteiger partial charge in [-0.1, -0.05) is 19.9 Å². The normalized spacial score (nSPS) is 13.5. The van der Waals surface area contributed by atoms with Gasteiger partial charge in [0.25, 0.3) is 0 Å². The molecule has 0 spiro atoms. The van der Waals surface area contributed by atoms with Crippen LogP contribution in [0.4, 0.5) is 0 Å². The Bertz CT molecular complexity index is 203. The van der Waals surface area contributed by atoms with E-state index in [1.54, 1.807) is 0 Å². The molecule has 0 saturated carbocycles. The summed E-state index contributed by atoms with van der Waals surface area (Å²) in [6, 6.07) is 0.283. The van der Waals surface area contributed by atoms with E-state index in [2.05, 4.69) is 41.2 Å². The summed E-state index contributed by atoms with van der Waals surface area (Å²) in [4.78, 5) is 13.6. The van der Waals surface area contributed by atoms with E-state index in [-0.39, 0.29) is 17.5 Å². The van der Waals surface area contributed by atoms with Gasteiger partial charge in [-0.2, -0.15) is 0 Å². The molecule has 0 aliphatic rings. The zero-order valence-electron chi connectivity index (χ0n) is 10.1. The zero-order chi connectivity index (χ0) is 11.4. The highest BCUT2D eigenvalue weighted by Gasteiger charge is 2.28. The maximum Gasteiger partial charge on any atom is 0.246 e. The van der Waals surface area contributed by atoms with Crippen LogP contribution in [-0.2, 0) is 4.79 Å². The molecule has 2 nitrogen and oxygen atoms in total. The molecule has 0 radical (unpaired) electrons. The van der Waals surface area contributed by atoms with Crippen molar-refractivity contribution in [1.82, 2.24) is 4.90 Å². The molecule has 1 unspecified atom stereocenters. The summed E-state index contributed by atoms with van der Waals surface area (Å²) in [5.41, 5.74) is -0.125. The molecule has 0 bridgehead atoms. The first kappa shape index (κ1) is 13.2. The smallest absolute Gasteiger partial charge is 0.246 e. The fourth-order valence-electron chi connectivity index (χ4n) is 1.85. The molecule has 0 aromatic carbocycles. The lowest BCUT2D eigenvalue weighted by Gasteiger charge is -2.39. The molecule has 0 rings (SSSR count). The van der Waals surface area contributed by atoms with E-state index in [4.69, 9.17) is 0 Å². The Morgan fingerprint density at radius 2 is 2.00 bits per heavy atom. The van der Waals surface area contributed by atoms with Crippen LogP contribution in [0.15, 0.2) is 12.7 Å². The molecule has 14 heavy (non-hydrogen) atoms. The van der Waals surface area contributed by atoms with Crippen molar-refractivity contribution in [1.29, 1.82) is 0 Å². The second-order valence-corrected chi connectivity index (χ2v) is 4.72. The van der Waals surface area contributed by atoms with Crippen LogP contribution in [0.25, 0.3) is 0 Å². The number of nitrogens with zero attached hydrogens (tertiary/aromatic N) is 1. The van der Waals surface area contributed by atoms with Crippen LogP contribution in [0.5, 0.6) is 0 Å². The van der Waals surface area contributed by atoms with Crippen molar-refractivity contribution in [2.45, 2.75) is 59.0 Å². The standard InChI is InChI=1S/C12H23NO/c1-7-9-10(3)13(11(14)8-2)12(4,5)6/h8,10H,2,7,9H2,1,3-6H3. The Kier molecular flexibility index (Phi) is 4.89. The Balaban J connectivity index is 4.72. The molecule has 0 N–H and O–H groups in total. The van der Waals surface area contributed by atoms with E-state index < -0.39 is 0 Å². The van der Waals surface area contributed by atoms with Gasteiger partial charge in [0.05, 0.1) is 0 Å². The van der Waals surface area contributed by atoms with Gasteiger partial charge in [0.15, 0.2) is 0 Å². The van der Waals surface area contributed by atoms with Crippen molar-refractivity contribution in [2.75, 3.05) is 0 Å². The van der Waals surface area contributed by atoms with Crippen molar-refractivity contribution < 1.29 is 4.79 Å². The van der Waals surface area contributed by atoms with Gasteiger partial charge in [-0.3, -0.25) is 4.79 Å². The predicted molar refractivity (Wildman–Crippen MR) is 61.2 cm³/mol. The van der Waals surface area contributed by atoms with Crippen molar-refractivity contribution in [3.8, 4) is 0 Å². The fourth-order valence-corrected chi connectivity index (χ4v) is 1.85. The molecule has 1 amide bonds. The second-order valence-electron chi connectivity index (χ2n) is 4.72. The molecule has 0 aliphatic heterocycles. The minimum atomic E-state index is -0.125. The first-order valence-electron chi connectivity index (χ1n) is 5.30. The maximum atomic E-state index is 11.7. The van der Waals surface area contributed by atoms with Crippen LogP contribution in [0.2, 0.25) is 0 Å². The average Bonchev–Trinajstić information content (AvgIpc) is 2.02. The Labute approximate surface area is 88.0 Å². The number of carbonyl (C=O) groups is 1. The van der Waals surface area contributed by atoms with Gasteiger partial charge in [-0.15, -0.1) is 0 Å². The number of carbonyl (C=O) groups excluding carboxylic acids is 1. The molecule has 0 fully saturated rings. The molecule has 0 aromatic heterocycles. The number of rotatable bonds is 4. The van der Waals surface area contributed by atoms with E-state index in [1.807, 2.05) is 4.90 Å². The van der Waals surface area contributed by atoms with Crippen LogP contribution in [0.1, 0.15) is 47.5 Å². The van der Waals surface area contributed by atoms with Crippen LogP contribution in [0.3, 0.4) is 0 Å². The molecular formula is C12H23NO. The lowest BCUT2D eigenvalue weighted by atomic mass is 10.0. The Morgan fingerprint density at radius 3 is 2.29 bits per heavy atom. The van der Waals surface area contributed by atoms with E-state index >= 15 is 0 Å². The molecule has 1 atom stereocenters. The summed E-state index contributed by atoms with van der Waals surface area (Å²) in [5, 5.41) is 0. The van der Waals surface area contributed by atoms with E-state index in [9.17, 15) is 4.79 Å². The van der Waals surface area contributed by atoms with E-state index in [0.717, 1.165) is 12.8 Å². The predicted octanol–water partition coefficient (Wildman–Crippen LogP) is 2.99. The quantitative estimate of drug-likeness (QED) is 0.634. The molecule has 0 heterocycles. The second kappa shape index (κ2) is 5.18. The highest BCUT2D eigenvalue weighted by molar-refractivity contribution is 5.87. The highest BCUT2D eigenvalue weighted by Crippen LogP contribution is 2.20. The highest BCUT2D eigenvalue weighted by atomic mass is 16.2. The summed E-state index contributed by atoms with van der Waals surface area (Å²) in [6.07, 6.45) is 3.53. The minimum Gasteiger partial charge on any atom is -0.332 e. The Morgan fingerprint density at radius 1 is 1.50 bits per heavy atom. The molecule has 0 aliphatic carbocycles. The summed E-state index contributed by atoms with van der Waals surface area (Å²) < 4.78 is 0. The van der Waals surface area contributed by atoms with E-state index in [1.165, 1.54) is 6.08 Å². The number of hydrogen-bond acceptors (Lipinski definition) is 1. The third kappa shape index (κ3) is 3.52. The zero-order valence-corrected chi connectivity index (χ0v) is 10.1. The van der Waals surface area contributed by atoms with Gasteiger partial charge in [0.2, 0.25) is 5.91 Å². The average molecular weight is 197 g/mol. The van der Waals surface area contributed by atoms with Gasteiger partial charge in [0, 0.05) is 11.6 Å². The third-order valence-corrected chi connectivity index (χ3v) is 2.28. The van der Waals surface area contributed by atoms with Crippen LogP contribution < -0.4 is 0 Å².